The van der Waals surface area contributed by atoms with E-state index in [1.54, 1.807) is 45.0 Å². The standard InChI is InChI=1S/C40H54ClN3O4S/c1-10-38(6,7)29-22-23-33(32(25-29)39(8,9)11-2)48-24-16-21-34(45)42-30-19-15-20-31(26-30)43-36(47)40(41,35(46)37(3,4)5)44(49)27-28-17-13-12-14-18-28/h12-15,17-20,22-23,25-26,49H,10-11,16,21,24,27H2,1-9H3,(H,42,45)(H,43,47). The summed E-state index contributed by atoms with van der Waals surface area (Å²) in [5.74, 6) is -0.559. The maximum atomic E-state index is 13.7. The lowest BCUT2D eigenvalue weighted by Gasteiger charge is -2.36. The highest BCUT2D eigenvalue weighted by atomic mass is 35.5. The van der Waals surface area contributed by atoms with E-state index in [2.05, 4.69) is 83.2 Å². The Bertz CT molecular complexity index is 1600. The summed E-state index contributed by atoms with van der Waals surface area (Å²) in [7, 11) is 0. The molecule has 9 heteroatoms. The highest BCUT2D eigenvalue weighted by Crippen LogP contribution is 2.39. The number of alkyl halides is 1. The average molecular weight is 708 g/mol. The lowest BCUT2D eigenvalue weighted by Crippen LogP contribution is -2.57. The zero-order chi connectivity index (χ0) is 36.6. The van der Waals surface area contributed by atoms with Crippen molar-refractivity contribution in [2.45, 2.75) is 110 Å². The van der Waals surface area contributed by atoms with Crippen LogP contribution in [0.2, 0.25) is 0 Å². The van der Waals surface area contributed by atoms with Gasteiger partial charge in [0.1, 0.15) is 5.75 Å². The number of nitrogens with one attached hydrogen (secondary N) is 2. The molecule has 0 spiro atoms. The first-order chi connectivity index (χ1) is 22.8. The van der Waals surface area contributed by atoms with E-state index in [4.69, 9.17) is 16.3 Å². The van der Waals surface area contributed by atoms with Crippen LogP contribution in [0.25, 0.3) is 0 Å². The van der Waals surface area contributed by atoms with Gasteiger partial charge in [0.25, 0.3) is 5.91 Å². The van der Waals surface area contributed by atoms with Gasteiger partial charge < -0.3 is 15.4 Å². The number of benzene rings is 3. The van der Waals surface area contributed by atoms with Crippen molar-refractivity contribution in [2.75, 3.05) is 17.2 Å². The number of amides is 2. The zero-order valence-electron chi connectivity index (χ0n) is 30.6. The van der Waals surface area contributed by atoms with Crippen molar-refractivity contribution in [1.82, 2.24) is 4.31 Å². The second-order valence-electron chi connectivity index (χ2n) is 15.0. The van der Waals surface area contributed by atoms with Gasteiger partial charge in [0.2, 0.25) is 10.9 Å². The molecule has 0 aliphatic heterocycles. The topological polar surface area (TPSA) is 87.7 Å². The monoisotopic (exact) mass is 707 g/mol. The van der Waals surface area contributed by atoms with Crippen molar-refractivity contribution in [3.63, 3.8) is 0 Å². The molecule has 266 valence electrons. The van der Waals surface area contributed by atoms with Crippen LogP contribution in [0.1, 0.15) is 105 Å². The lowest BCUT2D eigenvalue weighted by molar-refractivity contribution is -0.138. The molecule has 0 radical (unpaired) electrons. The minimum absolute atomic E-state index is 0.0524. The summed E-state index contributed by atoms with van der Waals surface area (Å²) >= 11 is 11.4. The molecule has 0 heterocycles. The van der Waals surface area contributed by atoms with Crippen LogP contribution in [0.4, 0.5) is 11.4 Å². The van der Waals surface area contributed by atoms with Gasteiger partial charge in [-0.3, -0.25) is 14.4 Å². The Morgan fingerprint density at radius 3 is 2.00 bits per heavy atom. The van der Waals surface area contributed by atoms with E-state index >= 15 is 0 Å². The average Bonchev–Trinajstić information content (AvgIpc) is 3.06. The Kier molecular flexibility index (Phi) is 13.6. The SMILES string of the molecule is CCC(C)(C)c1ccc(OCCCC(=O)Nc2cccc(NC(=O)C(Cl)(C(=O)C(C)(C)C)N(S)Cc3ccccc3)c2)c(C(C)(C)CC)c1. The number of rotatable bonds is 16. The third-order valence-electron chi connectivity index (χ3n) is 9.28. The molecule has 3 rings (SSSR count). The number of ether oxygens (including phenoxy) is 1. The fraction of sp³-hybridized carbons (Fsp3) is 0.475. The van der Waals surface area contributed by atoms with Gasteiger partial charge in [-0.1, -0.05) is 135 Å². The first kappa shape index (κ1) is 40.1. The molecule has 1 unspecified atom stereocenters. The summed E-state index contributed by atoms with van der Waals surface area (Å²) in [6, 6.07) is 22.6. The molecular weight excluding hydrogens is 654 g/mol. The van der Waals surface area contributed by atoms with Crippen molar-refractivity contribution in [1.29, 1.82) is 0 Å². The van der Waals surface area contributed by atoms with Gasteiger partial charge in [-0.2, -0.15) is 0 Å². The zero-order valence-corrected chi connectivity index (χ0v) is 32.2. The van der Waals surface area contributed by atoms with Crippen LogP contribution in [-0.4, -0.2) is 33.5 Å². The summed E-state index contributed by atoms with van der Waals surface area (Å²) < 4.78 is 7.50. The van der Waals surface area contributed by atoms with E-state index in [1.165, 1.54) is 15.4 Å². The summed E-state index contributed by atoms with van der Waals surface area (Å²) in [6.45, 7) is 19.1. The fourth-order valence-corrected chi connectivity index (χ4v) is 5.96. The van der Waals surface area contributed by atoms with Crippen LogP contribution < -0.4 is 15.4 Å². The van der Waals surface area contributed by atoms with E-state index in [1.807, 2.05) is 30.3 Å². The van der Waals surface area contributed by atoms with Crippen molar-refractivity contribution in [3.05, 3.63) is 89.5 Å². The molecule has 3 aromatic rings. The van der Waals surface area contributed by atoms with E-state index < -0.39 is 22.1 Å². The maximum absolute atomic E-state index is 13.7. The van der Waals surface area contributed by atoms with Crippen molar-refractivity contribution in [2.24, 2.45) is 5.41 Å². The van der Waals surface area contributed by atoms with Gasteiger partial charge in [0.15, 0.2) is 5.78 Å². The summed E-state index contributed by atoms with van der Waals surface area (Å²) in [5.41, 5.74) is 3.28. The number of nitrogens with zero attached hydrogens (tertiary/aromatic N) is 1. The molecule has 3 aromatic carbocycles. The molecule has 7 nitrogen and oxygen atoms in total. The normalized spacial score (nSPS) is 13.5. The lowest BCUT2D eigenvalue weighted by atomic mass is 9.76. The van der Waals surface area contributed by atoms with Gasteiger partial charge in [0.05, 0.1) is 6.61 Å². The molecular formula is C40H54ClN3O4S. The molecule has 0 saturated carbocycles. The summed E-state index contributed by atoms with van der Waals surface area (Å²) in [5, 5.41) is 5.67. The highest BCUT2D eigenvalue weighted by molar-refractivity contribution is 7.77. The largest absolute Gasteiger partial charge is 0.493 e. The third-order valence-corrected chi connectivity index (χ3v) is 10.4. The first-order valence-corrected chi connectivity index (χ1v) is 17.9. The van der Waals surface area contributed by atoms with Crippen LogP contribution in [0.5, 0.6) is 5.75 Å². The Morgan fingerprint density at radius 1 is 0.796 bits per heavy atom. The van der Waals surface area contributed by atoms with Crippen LogP contribution in [0, 0.1) is 5.41 Å². The molecule has 2 N–H and O–H groups in total. The predicted octanol–water partition coefficient (Wildman–Crippen LogP) is 9.70. The molecule has 0 aromatic heterocycles. The third kappa shape index (κ3) is 10.3. The predicted molar refractivity (Wildman–Crippen MR) is 206 cm³/mol. The molecule has 0 aliphatic rings. The number of Topliss-reactive ketones (excluding diaryl/α,β-unsaturated/α-hetero) is 1. The van der Waals surface area contributed by atoms with Gasteiger partial charge in [-0.05, 0) is 65.5 Å². The van der Waals surface area contributed by atoms with Crippen molar-refractivity contribution in [3.8, 4) is 5.75 Å². The molecule has 1 atom stereocenters. The molecule has 49 heavy (non-hydrogen) atoms. The summed E-state index contributed by atoms with van der Waals surface area (Å²) in [6.07, 6.45) is 2.79. The van der Waals surface area contributed by atoms with Crippen LogP contribution in [0.3, 0.4) is 0 Å². The van der Waals surface area contributed by atoms with Crippen LogP contribution in [-0.2, 0) is 31.8 Å². The Hall–Kier alpha value is -3.33. The van der Waals surface area contributed by atoms with E-state index in [0.717, 1.165) is 24.2 Å². The number of carbonyl (C=O) groups excluding carboxylic acids is 3. The second-order valence-corrected chi connectivity index (χ2v) is 16.0. The molecule has 0 saturated heterocycles. The minimum Gasteiger partial charge on any atom is -0.493 e. The number of hydrogen-bond donors (Lipinski definition) is 3. The summed E-state index contributed by atoms with van der Waals surface area (Å²) in [4.78, 5) is 38.1. The Balaban J connectivity index is 1.66. The number of anilines is 2. The van der Waals surface area contributed by atoms with Gasteiger partial charge in [0, 0.05) is 35.3 Å². The quantitative estimate of drug-likeness (QED) is 0.0454. The number of carbonyl (C=O) groups is 3. The minimum atomic E-state index is -2.10. The van der Waals surface area contributed by atoms with Crippen LogP contribution in [0.15, 0.2) is 72.8 Å². The number of hydrogen-bond acceptors (Lipinski definition) is 6. The molecule has 0 aliphatic carbocycles. The van der Waals surface area contributed by atoms with E-state index in [-0.39, 0.29) is 29.7 Å². The Labute approximate surface area is 304 Å². The molecule has 2 amide bonds. The highest BCUT2D eigenvalue weighted by Gasteiger charge is 2.52. The van der Waals surface area contributed by atoms with Gasteiger partial charge >= 0.3 is 0 Å². The van der Waals surface area contributed by atoms with Gasteiger partial charge in [-0.15, -0.1) is 0 Å². The second kappa shape index (κ2) is 16.6. The van der Waals surface area contributed by atoms with Crippen LogP contribution >= 0.6 is 24.4 Å². The number of halogens is 1. The molecule has 0 fully saturated rings. The van der Waals surface area contributed by atoms with Crippen molar-refractivity contribution >= 4 is 53.4 Å². The Morgan fingerprint density at radius 2 is 1.41 bits per heavy atom. The van der Waals surface area contributed by atoms with Gasteiger partial charge in [-0.25, -0.2) is 4.31 Å². The number of thiol groups is 1. The van der Waals surface area contributed by atoms with Crippen molar-refractivity contribution < 1.29 is 19.1 Å². The van der Waals surface area contributed by atoms with E-state index in [9.17, 15) is 14.4 Å². The fourth-order valence-electron chi connectivity index (χ4n) is 5.23. The first-order valence-electron chi connectivity index (χ1n) is 17.1. The molecule has 0 bridgehead atoms. The number of ketones is 1. The maximum Gasteiger partial charge on any atom is 0.269 e. The smallest absolute Gasteiger partial charge is 0.269 e. The van der Waals surface area contributed by atoms with E-state index in [0.29, 0.717) is 24.4 Å².